The van der Waals surface area contributed by atoms with Crippen molar-refractivity contribution < 1.29 is 4.79 Å². The van der Waals surface area contributed by atoms with Crippen molar-refractivity contribution in [3.8, 4) is 0 Å². The summed E-state index contributed by atoms with van der Waals surface area (Å²) in [6.07, 6.45) is 6.20. The summed E-state index contributed by atoms with van der Waals surface area (Å²) in [5.41, 5.74) is 6.08. The van der Waals surface area contributed by atoms with Crippen molar-refractivity contribution in [2.75, 3.05) is 7.05 Å². The summed E-state index contributed by atoms with van der Waals surface area (Å²) in [7, 11) is 1.92. The van der Waals surface area contributed by atoms with E-state index in [1.165, 1.54) is 12.8 Å². The maximum Gasteiger partial charge on any atom is 0.222 e. The van der Waals surface area contributed by atoms with E-state index in [2.05, 4.69) is 13.8 Å². The zero-order chi connectivity index (χ0) is 12.1. The van der Waals surface area contributed by atoms with Gasteiger partial charge in [-0.2, -0.15) is 0 Å². The van der Waals surface area contributed by atoms with Crippen LogP contribution >= 0.6 is 0 Å². The van der Waals surface area contributed by atoms with Gasteiger partial charge in [0.2, 0.25) is 5.91 Å². The molecule has 0 aromatic rings. The van der Waals surface area contributed by atoms with E-state index in [9.17, 15) is 4.79 Å². The van der Waals surface area contributed by atoms with E-state index in [-0.39, 0.29) is 18.0 Å². The number of hydrogen-bond acceptors (Lipinski definition) is 2. The average Bonchev–Trinajstić information content (AvgIpc) is 2.25. The average molecular weight is 226 g/mol. The number of rotatable bonds is 4. The second-order valence-corrected chi connectivity index (χ2v) is 5.45. The molecule has 3 heteroatoms. The Morgan fingerprint density at radius 3 is 2.56 bits per heavy atom. The molecule has 2 N–H and O–H groups in total. The molecule has 1 saturated carbocycles. The van der Waals surface area contributed by atoms with Gasteiger partial charge in [0, 0.05) is 25.6 Å². The monoisotopic (exact) mass is 226 g/mol. The predicted molar refractivity (Wildman–Crippen MR) is 67.1 cm³/mol. The highest BCUT2D eigenvalue weighted by Gasteiger charge is 2.27. The van der Waals surface area contributed by atoms with Crippen LogP contribution in [0.4, 0.5) is 0 Å². The molecule has 1 aliphatic rings. The van der Waals surface area contributed by atoms with Crippen molar-refractivity contribution in [2.24, 2.45) is 11.7 Å². The second kappa shape index (κ2) is 6.24. The van der Waals surface area contributed by atoms with E-state index in [0.29, 0.717) is 12.3 Å². The number of hydrogen-bond donors (Lipinski definition) is 1. The van der Waals surface area contributed by atoms with Crippen LogP contribution in [-0.2, 0) is 4.79 Å². The van der Waals surface area contributed by atoms with Crippen LogP contribution in [0.15, 0.2) is 0 Å². The summed E-state index contributed by atoms with van der Waals surface area (Å²) in [6.45, 7) is 4.30. The minimum absolute atomic E-state index is 0.182. The summed E-state index contributed by atoms with van der Waals surface area (Å²) in [5.74, 6) is 0.855. The largest absolute Gasteiger partial charge is 0.341 e. The van der Waals surface area contributed by atoms with E-state index < -0.39 is 0 Å². The second-order valence-electron chi connectivity index (χ2n) is 5.45. The summed E-state index contributed by atoms with van der Waals surface area (Å²) in [6, 6.07) is 0.454. The fourth-order valence-electron chi connectivity index (χ4n) is 2.39. The maximum absolute atomic E-state index is 12.0. The molecular formula is C13H26N2O. The van der Waals surface area contributed by atoms with Crippen molar-refractivity contribution in [1.82, 2.24) is 4.90 Å². The van der Waals surface area contributed by atoms with E-state index in [1.54, 1.807) is 0 Å². The molecule has 1 amide bonds. The third-order valence-electron chi connectivity index (χ3n) is 3.61. The number of carbonyl (C=O) groups is 1. The van der Waals surface area contributed by atoms with E-state index in [1.807, 2.05) is 11.9 Å². The third kappa shape index (κ3) is 3.78. The molecular weight excluding hydrogens is 200 g/mol. The minimum atomic E-state index is 0.182. The normalized spacial score (nSPS) is 25.8. The van der Waals surface area contributed by atoms with Gasteiger partial charge in [-0.1, -0.05) is 26.7 Å². The Bertz CT molecular complexity index is 228. The van der Waals surface area contributed by atoms with Crippen LogP contribution in [0.25, 0.3) is 0 Å². The standard InChI is InChI=1S/C13H26N2O/c1-10(2)8-9-13(16)15(3)12-7-5-4-6-11(12)14/h10-12H,4-9,14H2,1-3H3. The van der Waals surface area contributed by atoms with Crippen LogP contribution in [0.3, 0.4) is 0 Å². The first kappa shape index (κ1) is 13.5. The topological polar surface area (TPSA) is 46.3 Å². The van der Waals surface area contributed by atoms with Gasteiger partial charge in [0.1, 0.15) is 0 Å². The third-order valence-corrected chi connectivity index (χ3v) is 3.61. The molecule has 2 atom stereocenters. The van der Waals surface area contributed by atoms with Gasteiger partial charge in [-0.25, -0.2) is 0 Å². The van der Waals surface area contributed by atoms with Crippen LogP contribution in [0.1, 0.15) is 52.4 Å². The van der Waals surface area contributed by atoms with Gasteiger partial charge in [0.05, 0.1) is 0 Å². The van der Waals surface area contributed by atoms with Gasteiger partial charge >= 0.3 is 0 Å². The Morgan fingerprint density at radius 1 is 1.38 bits per heavy atom. The van der Waals surface area contributed by atoms with Crippen LogP contribution in [0.5, 0.6) is 0 Å². The molecule has 0 radical (unpaired) electrons. The molecule has 0 heterocycles. The maximum atomic E-state index is 12.0. The molecule has 0 aromatic carbocycles. The van der Waals surface area contributed by atoms with Crippen molar-refractivity contribution >= 4 is 5.91 Å². The Labute approximate surface area is 99.4 Å². The summed E-state index contributed by atoms with van der Waals surface area (Å²) in [5, 5.41) is 0. The first-order valence-electron chi connectivity index (χ1n) is 6.53. The molecule has 1 rings (SSSR count). The number of likely N-dealkylation sites (N-methyl/N-ethyl adjacent to an activating group) is 1. The fourth-order valence-corrected chi connectivity index (χ4v) is 2.39. The first-order valence-corrected chi connectivity index (χ1v) is 6.53. The van der Waals surface area contributed by atoms with Gasteiger partial charge in [0.25, 0.3) is 0 Å². The van der Waals surface area contributed by atoms with Crippen molar-refractivity contribution in [3.63, 3.8) is 0 Å². The predicted octanol–water partition coefficient (Wildman–Crippen LogP) is 2.15. The number of amides is 1. The molecule has 94 valence electrons. The van der Waals surface area contributed by atoms with Gasteiger partial charge in [-0.3, -0.25) is 4.79 Å². The van der Waals surface area contributed by atoms with Crippen molar-refractivity contribution in [1.29, 1.82) is 0 Å². The molecule has 16 heavy (non-hydrogen) atoms. The molecule has 3 nitrogen and oxygen atoms in total. The van der Waals surface area contributed by atoms with E-state index in [0.717, 1.165) is 19.3 Å². The van der Waals surface area contributed by atoms with Crippen molar-refractivity contribution in [3.05, 3.63) is 0 Å². The lowest BCUT2D eigenvalue weighted by molar-refractivity contribution is -0.133. The lowest BCUT2D eigenvalue weighted by Crippen LogP contribution is -2.50. The molecule has 0 aliphatic heterocycles. The van der Waals surface area contributed by atoms with Gasteiger partial charge in [0.15, 0.2) is 0 Å². The zero-order valence-electron chi connectivity index (χ0n) is 10.9. The molecule has 0 saturated heterocycles. The van der Waals surface area contributed by atoms with Gasteiger partial charge in [-0.15, -0.1) is 0 Å². The highest BCUT2D eigenvalue weighted by molar-refractivity contribution is 5.76. The Morgan fingerprint density at radius 2 is 2.00 bits per heavy atom. The lowest BCUT2D eigenvalue weighted by atomic mass is 9.90. The summed E-state index contributed by atoms with van der Waals surface area (Å²) in [4.78, 5) is 13.9. The SMILES string of the molecule is CC(C)CCC(=O)N(C)C1CCCCC1N. The molecule has 0 aromatic heterocycles. The molecule has 2 unspecified atom stereocenters. The smallest absolute Gasteiger partial charge is 0.222 e. The molecule has 0 spiro atoms. The van der Waals surface area contributed by atoms with E-state index >= 15 is 0 Å². The van der Waals surface area contributed by atoms with Crippen LogP contribution in [0.2, 0.25) is 0 Å². The van der Waals surface area contributed by atoms with Crippen LogP contribution < -0.4 is 5.73 Å². The first-order chi connectivity index (χ1) is 7.52. The highest BCUT2D eigenvalue weighted by Crippen LogP contribution is 2.22. The highest BCUT2D eigenvalue weighted by atomic mass is 16.2. The molecule has 1 aliphatic carbocycles. The van der Waals surface area contributed by atoms with Crippen LogP contribution in [0, 0.1) is 5.92 Å². The Hall–Kier alpha value is -0.570. The zero-order valence-corrected chi connectivity index (χ0v) is 10.9. The molecule has 1 fully saturated rings. The van der Waals surface area contributed by atoms with E-state index in [4.69, 9.17) is 5.73 Å². The number of nitrogens with two attached hydrogens (primary N) is 1. The Kier molecular flexibility index (Phi) is 5.26. The van der Waals surface area contributed by atoms with Gasteiger partial charge in [-0.05, 0) is 25.2 Å². The van der Waals surface area contributed by atoms with Crippen LogP contribution in [-0.4, -0.2) is 29.9 Å². The van der Waals surface area contributed by atoms with Gasteiger partial charge < -0.3 is 10.6 Å². The molecule has 0 bridgehead atoms. The Balaban J connectivity index is 2.42. The van der Waals surface area contributed by atoms with Crippen molar-refractivity contribution in [2.45, 2.75) is 64.5 Å². The minimum Gasteiger partial charge on any atom is -0.341 e. The lowest BCUT2D eigenvalue weighted by Gasteiger charge is -2.36. The number of carbonyl (C=O) groups excluding carboxylic acids is 1. The fraction of sp³-hybridized carbons (Fsp3) is 0.923. The number of nitrogens with zero attached hydrogens (tertiary/aromatic N) is 1. The summed E-state index contributed by atoms with van der Waals surface area (Å²) < 4.78 is 0. The summed E-state index contributed by atoms with van der Waals surface area (Å²) >= 11 is 0. The quantitative estimate of drug-likeness (QED) is 0.798.